The summed E-state index contributed by atoms with van der Waals surface area (Å²) in [6.07, 6.45) is 0.948. The first kappa shape index (κ1) is 16.6. The molecular weight excluding hydrogens is 320 g/mol. The van der Waals surface area contributed by atoms with Gasteiger partial charge < -0.3 is 10.2 Å². The topological polar surface area (TPSA) is 68.6 Å². The van der Waals surface area contributed by atoms with Gasteiger partial charge in [0.05, 0.1) is 0 Å². The van der Waals surface area contributed by atoms with E-state index in [0.717, 1.165) is 28.1 Å². The normalized spacial score (nSPS) is 13.5. The van der Waals surface area contributed by atoms with Gasteiger partial charge >= 0.3 is 5.63 Å². The average molecular weight is 340 g/mol. The maximum absolute atomic E-state index is 11.9. The van der Waals surface area contributed by atoms with Crippen LogP contribution in [0.5, 0.6) is 0 Å². The molecule has 2 aromatic carbocycles. The highest BCUT2D eigenvalue weighted by Crippen LogP contribution is 2.29. The third-order valence-corrected chi connectivity index (χ3v) is 4.89. The summed E-state index contributed by atoms with van der Waals surface area (Å²) in [5, 5.41) is 3.71. The van der Waals surface area contributed by atoms with Crippen molar-refractivity contribution >= 4 is 38.7 Å². The Morgan fingerprint density at radius 3 is 2.88 bits per heavy atom. The van der Waals surface area contributed by atoms with Crippen molar-refractivity contribution in [3.8, 4) is 0 Å². The van der Waals surface area contributed by atoms with Crippen molar-refractivity contribution in [3.63, 3.8) is 0 Å². The Morgan fingerprint density at radius 1 is 1.29 bits per heavy atom. The maximum atomic E-state index is 11.9. The van der Waals surface area contributed by atoms with Crippen molar-refractivity contribution in [2.75, 3.05) is 0 Å². The van der Waals surface area contributed by atoms with Gasteiger partial charge in [-0.3, -0.25) is 4.99 Å². The zero-order valence-electron chi connectivity index (χ0n) is 13.8. The van der Waals surface area contributed by atoms with E-state index in [9.17, 15) is 4.79 Å². The molecule has 1 aromatic heterocycles. The van der Waals surface area contributed by atoms with E-state index in [1.165, 1.54) is 11.8 Å². The number of aliphatic imine (C=N–C) groups is 1. The molecule has 2 N–H and O–H groups in total. The molecule has 0 saturated carbocycles. The number of benzene rings is 2. The lowest BCUT2D eigenvalue weighted by molar-refractivity contribution is 0.560. The van der Waals surface area contributed by atoms with E-state index < -0.39 is 0 Å². The average Bonchev–Trinajstić information content (AvgIpc) is 2.59. The minimum absolute atomic E-state index is 0.205. The van der Waals surface area contributed by atoms with E-state index in [4.69, 9.17) is 10.2 Å². The largest absolute Gasteiger partial charge is 0.423 e. The fourth-order valence-electron chi connectivity index (χ4n) is 2.63. The second kappa shape index (κ2) is 7.09. The van der Waals surface area contributed by atoms with Crippen LogP contribution < -0.4 is 11.4 Å². The Balaban J connectivity index is 2.05. The monoisotopic (exact) mass is 340 g/mol. The number of fused-ring (bicyclic) bond motifs is 3. The zero-order chi connectivity index (χ0) is 17.1. The van der Waals surface area contributed by atoms with Gasteiger partial charge in [0, 0.05) is 23.2 Å². The smallest absolute Gasteiger partial charge is 0.336 e. The van der Waals surface area contributed by atoms with Crippen LogP contribution in [0.3, 0.4) is 0 Å². The quantitative estimate of drug-likeness (QED) is 0.333. The Bertz CT molecular complexity index is 962. The van der Waals surface area contributed by atoms with Crippen LogP contribution in [0.15, 0.2) is 56.7 Å². The van der Waals surface area contributed by atoms with Gasteiger partial charge in [0.15, 0.2) is 5.17 Å². The highest BCUT2D eigenvalue weighted by Gasteiger charge is 2.10. The first-order valence-electron chi connectivity index (χ1n) is 7.99. The van der Waals surface area contributed by atoms with Crippen molar-refractivity contribution in [2.24, 2.45) is 10.7 Å². The molecule has 124 valence electrons. The van der Waals surface area contributed by atoms with Crippen LogP contribution in [0.25, 0.3) is 21.7 Å². The molecule has 24 heavy (non-hydrogen) atoms. The summed E-state index contributed by atoms with van der Waals surface area (Å²) >= 11 is 1.45. The van der Waals surface area contributed by atoms with Crippen LogP contribution in [0.4, 0.5) is 0 Å². The SMILES string of the molecule is CC[C@H](C)N=C(N)SCc1cc(=O)oc2ccc3ccccc3c12. The van der Waals surface area contributed by atoms with Gasteiger partial charge in [0.25, 0.3) is 0 Å². The first-order chi connectivity index (χ1) is 11.6. The van der Waals surface area contributed by atoms with Crippen LogP contribution in [0.1, 0.15) is 25.8 Å². The van der Waals surface area contributed by atoms with Gasteiger partial charge in [-0.1, -0.05) is 49.0 Å². The van der Waals surface area contributed by atoms with E-state index in [0.29, 0.717) is 16.5 Å². The fraction of sp³-hybridized carbons (Fsp3) is 0.263. The molecule has 3 rings (SSSR count). The summed E-state index contributed by atoms with van der Waals surface area (Å²) in [6, 6.07) is 13.7. The van der Waals surface area contributed by atoms with Crippen LogP contribution in [0.2, 0.25) is 0 Å². The summed E-state index contributed by atoms with van der Waals surface area (Å²) in [5.41, 5.74) is 7.19. The van der Waals surface area contributed by atoms with Crippen molar-refractivity contribution < 1.29 is 4.42 Å². The highest BCUT2D eigenvalue weighted by atomic mass is 32.2. The summed E-state index contributed by atoms with van der Waals surface area (Å²) in [7, 11) is 0. The minimum atomic E-state index is -0.342. The number of thioether (sulfide) groups is 1. The minimum Gasteiger partial charge on any atom is -0.423 e. The lowest BCUT2D eigenvalue weighted by atomic mass is 10.0. The van der Waals surface area contributed by atoms with Gasteiger partial charge in [0.1, 0.15) is 5.58 Å². The molecule has 0 fully saturated rings. The Hall–Kier alpha value is -2.27. The van der Waals surface area contributed by atoms with Gasteiger partial charge in [-0.15, -0.1) is 0 Å². The van der Waals surface area contributed by atoms with Crippen molar-refractivity contribution in [2.45, 2.75) is 32.1 Å². The summed E-state index contributed by atoms with van der Waals surface area (Å²) in [4.78, 5) is 16.3. The number of nitrogens with two attached hydrogens (primary N) is 1. The molecule has 4 nitrogen and oxygen atoms in total. The lowest BCUT2D eigenvalue weighted by Crippen LogP contribution is -2.11. The van der Waals surface area contributed by atoms with Crippen molar-refractivity contribution in [1.82, 2.24) is 0 Å². The van der Waals surface area contributed by atoms with Crippen molar-refractivity contribution in [1.29, 1.82) is 0 Å². The molecule has 1 heterocycles. The molecular formula is C19H20N2O2S. The molecule has 0 saturated heterocycles. The van der Waals surface area contributed by atoms with Gasteiger partial charge in [-0.05, 0) is 35.7 Å². The van der Waals surface area contributed by atoms with E-state index in [-0.39, 0.29) is 11.7 Å². The maximum Gasteiger partial charge on any atom is 0.336 e. The molecule has 0 radical (unpaired) electrons. The molecule has 0 bridgehead atoms. The number of hydrogen-bond donors (Lipinski definition) is 1. The van der Waals surface area contributed by atoms with E-state index in [2.05, 4.69) is 18.0 Å². The molecule has 5 heteroatoms. The van der Waals surface area contributed by atoms with E-state index >= 15 is 0 Å². The standard InChI is InChI=1S/C19H20N2O2S/c1-3-12(2)21-19(20)24-11-14-10-17(22)23-16-9-8-13-6-4-5-7-15(13)18(14)16/h4-10,12H,3,11H2,1-2H3,(H2,20,21)/t12-/m0/s1. The van der Waals surface area contributed by atoms with Crippen LogP contribution >= 0.6 is 11.8 Å². The molecule has 0 aliphatic rings. The van der Waals surface area contributed by atoms with E-state index in [1.807, 2.05) is 37.3 Å². The number of rotatable bonds is 4. The molecule has 0 amide bonds. The predicted octanol–water partition coefficient (Wildman–Crippen LogP) is 4.29. The fourth-order valence-corrected chi connectivity index (χ4v) is 3.42. The third kappa shape index (κ3) is 3.46. The van der Waals surface area contributed by atoms with Crippen LogP contribution in [-0.2, 0) is 5.75 Å². The van der Waals surface area contributed by atoms with Gasteiger partial charge in [-0.25, -0.2) is 4.79 Å². The lowest BCUT2D eigenvalue weighted by Gasteiger charge is -2.09. The van der Waals surface area contributed by atoms with Crippen LogP contribution in [0, 0.1) is 0 Å². The second-order valence-electron chi connectivity index (χ2n) is 5.76. The number of amidine groups is 1. The molecule has 0 aliphatic carbocycles. The Labute approximate surface area is 144 Å². The summed E-state index contributed by atoms with van der Waals surface area (Å²) < 4.78 is 5.37. The first-order valence-corrected chi connectivity index (χ1v) is 8.97. The zero-order valence-corrected chi connectivity index (χ0v) is 14.6. The Morgan fingerprint density at radius 2 is 2.08 bits per heavy atom. The molecule has 3 aromatic rings. The Kier molecular flexibility index (Phi) is 4.90. The molecule has 0 spiro atoms. The summed E-state index contributed by atoms with van der Waals surface area (Å²) in [6.45, 7) is 4.11. The number of hydrogen-bond acceptors (Lipinski definition) is 4. The summed E-state index contributed by atoms with van der Waals surface area (Å²) in [5.74, 6) is 0.585. The predicted molar refractivity (Wildman–Crippen MR) is 103 cm³/mol. The molecule has 0 unspecified atom stereocenters. The van der Waals surface area contributed by atoms with Gasteiger partial charge in [-0.2, -0.15) is 0 Å². The van der Waals surface area contributed by atoms with Crippen molar-refractivity contribution in [3.05, 3.63) is 58.4 Å². The van der Waals surface area contributed by atoms with Gasteiger partial charge in [0.2, 0.25) is 0 Å². The highest BCUT2D eigenvalue weighted by molar-refractivity contribution is 8.13. The van der Waals surface area contributed by atoms with E-state index in [1.54, 1.807) is 6.07 Å². The molecule has 0 aliphatic heterocycles. The molecule has 1 atom stereocenters. The second-order valence-corrected chi connectivity index (χ2v) is 6.76. The number of nitrogens with zero attached hydrogens (tertiary/aromatic N) is 1. The third-order valence-electron chi connectivity index (χ3n) is 4.03. The van der Waals surface area contributed by atoms with Crippen LogP contribution in [-0.4, -0.2) is 11.2 Å².